The molecule has 2 aromatic heterocycles. The molecule has 0 aliphatic carbocycles. The van der Waals surface area contributed by atoms with Crippen molar-refractivity contribution in [2.75, 3.05) is 29.7 Å². The van der Waals surface area contributed by atoms with Crippen LogP contribution in [-0.2, 0) is 17.9 Å². The van der Waals surface area contributed by atoms with Crippen LogP contribution in [0.4, 0.5) is 26.2 Å². The molecule has 1 aliphatic heterocycles. The van der Waals surface area contributed by atoms with Gasteiger partial charge in [-0.05, 0) is 31.5 Å². The van der Waals surface area contributed by atoms with Crippen LogP contribution < -0.4 is 20.3 Å². The SMILES string of the molecule is COc1c(F)cc(Cn2cc(CNc3nc(C)c4c(n3)N(C)[C@@H]([C@@H](C)O)C(=O)N4)cn2)cc1F. The van der Waals surface area contributed by atoms with E-state index < -0.39 is 29.5 Å². The molecule has 3 N–H and O–H groups in total. The number of likely N-dealkylation sites (N-methyl/N-ethyl adjacent to an activating group) is 1. The maximum atomic E-state index is 13.9. The Hall–Kier alpha value is -3.80. The van der Waals surface area contributed by atoms with Crippen molar-refractivity contribution in [3.8, 4) is 5.75 Å². The first-order valence-electron chi connectivity index (χ1n) is 10.6. The van der Waals surface area contributed by atoms with Crippen molar-refractivity contribution >= 4 is 23.4 Å². The molecular weight excluding hydrogens is 448 g/mol. The maximum absolute atomic E-state index is 13.9. The van der Waals surface area contributed by atoms with Gasteiger partial charge in [-0.15, -0.1) is 0 Å². The number of carbonyl (C=O) groups is 1. The standard InChI is InChI=1S/C22H25F2N7O3/c1-11-17-20(30(3)18(12(2)32)21(33)28-17)29-22(27-11)25-7-14-8-26-31(10-14)9-13-5-15(23)19(34-4)16(24)6-13/h5-6,8,10,12,18,32H,7,9H2,1-4H3,(H,28,33)(H,25,27,29)/t12-,18+/m1/s1. The van der Waals surface area contributed by atoms with Gasteiger partial charge in [-0.1, -0.05) is 0 Å². The van der Waals surface area contributed by atoms with Gasteiger partial charge < -0.3 is 25.4 Å². The van der Waals surface area contributed by atoms with E-state index in [0.717, 1.165) is 5.56 Å². The minimum absolute atomic E-state index is 0.178. The number of nitrogens with one attached hydrogen (secondary N) is 2. The number of anilines is 3. The van der Waals surface area contributed by atoms with Crippen LogP contribution >= 0.6 is 0 Å². The lowest BCUT2D eigenvalue weighted by Crippen LogP contribution is -2.52. The van der Waals surface area contributed by atoms with Crippen molar-refractivity contribution in [1.82, 2.24) is 19.7 Å². The van der Waals surface area contributed by atoms with E-state index in [2.05, 4.69) is 25.7 Å². The molecule has 3 aromatic rings. The van der Waals surface area contributed by atoms with Gasteiger partial charge in [0.25, 0.3) is 0 Å². The first-order chi connectivity index (χ1) is 16.2. The number of fused-ring (bicyclic) bond motifs is 1. The Morgan fingerprint density at radius 1 is 1.26 bits per heavy atom. The van der Waals surface area contributed by atoms with E-state index in [-0.39, 0.29) is 12.5 Å². The number of hydrogen-bond donors (Lipinski definition) is 3. The third-order valence-corrected chi connectivity index (χ3v) is 5.54. The van der Waals surface area contributed by atoms with Gasteiger partial charge >= 0.3 is 0 Å². The number of hydrogen-bond acceptors (Lipinski definition) is 8. The van der Waals surface area contributed by atoms with Crippen molar-refractivity contribution in [2.45, 2.75) is 39.1 Å². The summed E-state index contributed by atoms with van der Waals surface area (Å²) in [5.41, 5.74) is 2.29. The lowest BCUT2D eigenvalue weighted by molar-refractivity contribution is -0.119. The largest absolute Gasteiger partial charge is 0.491 e. The molecule has 0 unspecified atom stereocenters. The summed E-state index contributed by atoms with van der Waals surface area (Å²) in [5, 5.41) is 20.1. The Morgan fingerprint density at radius 2 is 1.97 bits per heavy atom. The van der Waals surface area contributed by atoms with Gasteiger partial charge in [-0.2, -0.15) is 10.1 Å². The van der Waals surface area contributed by atoms with E-state index in [9.17, 15) is 18.7 Å². The summed E-state index contributed by atoms with van der Waals surface area (Å²) in [6, 6.07) is 1.66. The molecule has 0 saturated heterocycles. The zero-order valence-electron chi connectivity index (χ0n) is 19.1. The number of nitrogens with zero attached hydrogens (tertiary/aromatic N) is 5. The predicted molar refractivity (Wildman–Crippen MR) is 121 cm³/mol. The fourth-order valence-corrected chi connectivity index (χ4v) is 3.94. The predicted octanol–water partition coefficient (Wildman–Crippen LogP) is 2.07. The molecule has 1 aromatic carbocycles. The minimum atomic E-state index is -0.886. The van der Waals surface area contributed by atoms with E-state index in [4.69, 9.17) is 4.74 Å². The van der Waals surface area contributed by atoms with Gasteiger partial charge in [-0.25, -0.2) is 13.8 Å². The topological polar surface area (TPSA) is 117 Å². The number of aliphatic hydroxyl groups is 1. The maximum Gasteiger partial charge on any atom is 0.249 e. The second-order valence-corrected chi connectivity index (χ2v) is 8.11. The van der Waals surface area contributed by atoms with Crippen molar-refractivity contribution in [3.05, 3.63) is 53.0 Å². The van der Waals surface area contributed by atoms with Crippen molar-refractivity contribution in [2.24, 2.45) is 0 Å². The molecule has 1 aliphatic rings. The Morgan fingerprint density at radius 3 is 2.62 bits per heavy atom. The quantitative estimate of drug-likeness (QED) is 0.478. The third kappa shape index (κ3) is 4.49. The number of aromatic nitrogens is 4. The molecule has 180 valence electrons. The van der Waals surface area contributed by atoms with Gasteiger partial charge in [0.1, 0.15) is 11.7 Å². The normalized spacial score (nSPS) is 16.1. The molecule has 0 saturated carbocycles. The highest BCUT2D eigenvalue weighted by molar-refractivity contribution is 6.03. The number of aryl methyl sites for hydroxylation is 1. The third-order valence-electron chi connectivity index (χ3n) is 5.54. The summed E-state index contributed by atoms with van der Waals surface area (Å²) in [5.74, 6) is -1.44. The van der Waals surface area contributed by atoms with Gasteiger partial charge in [0, 0.05) is 25.4 Å². The Bertz CT molecular complexity index is 1210. The highest BCUT2D eigenvalue weighted by Gasteiger charge is 2.36. The number of rotatable bonds is 7. The van der Waals surface area contributed by atoms with E-state index >= 15 is 0 Å². The molecule has 0 fully saturated rings. The molecule has 0 radical (unpaired) electrons. The molecule has 10 nitrogen and oxygen atoms in total. The summed E-state index contributed by atoms with van der Waals surface area (Å²) < 4.78 is 34.1. The monoisotopic (exact) mass is 473 g/mol. The average Bonchev–Trinajstić information content (AvgIpc) is 3.20. The zero-order chi connectivity index (χ0) is 24.6. The lowest BCUT2D eigenvalue weighted by Gasteiger charge is -2.36. The second kappa shape index (κ2) is 9.21. The van der Waals surface area contributed by atoms with Crippen LogP contribution in [0.3, 0.4) is 0 Å². The van der Waals surface area contributed by atoms with Crippen LogP contribution in [0.5, 0.6) is 5.75 Å². The number of benzene rings is 1. The molecule has 1 amide bonds. The van der Waals surface area contributed by atoms with Crippen molar-refractivity contribution in [3.63, 3.8) is 0 Å². The van der Waals surface area contributed by atoms with Gasteiger partial charge in [0.15, 0.2) is 23.2 Å². The molecule has 0 bridgehead atoms. The van der Waals surface area contributed by atoms with E-state index in [1.807, 2.05) is 0 Å². The van der Waals surface area contributed by atoms with Gasteiger partial charge in [-0.3, -0.25) is 9.48 Å². The summed E-state index contributed by atoms with van der Waals surface area (Å²) in [7, 11) is 2.90. The molecule has 4 rings (SSSR count). The summed E-state index contributed by atoms with van der Waals surface area (Å²) in [6.07, 6.45) is 2.49. The number of halogens is 2. The molecule has 34 heavy (non-hydrogen) atoms. The Kier molecular flexibility index (Phi) is 6.33. The van der Waals surface area contributed by atoms with Crippen LogP contribution in [0, 0.1) is 18.6 Å². The first kappa shape index (κ1) is 23.4. The average molecular weight is 473 g/mol. The molecule has 2 atom stereocenters. The Labute approximate surface area is 194 Å². The van der Waals surface area contributed by atoms with Gasteiger partial charge in [0.2, 0.25) is 11.9 Å². The smallest absolute Gasteiger partial charge is 0.249 e. The molecule has 3 heterocycles. The van der Waals surface area contributed by atoms with E-state index in [1.54, 1.807) is 42.9 Å². The number of methoxy groups -OCH3 is 1. The summed E-state index contributed by atoms with van der Waals surface area (Å²) in [4.78, 5) is 22.9. The van der Waals surface area contributed by atoms with Crippen molar-refractivity contribution < 1.29 is 23.4 Å². The zero-order valence-corrected chi connectivity index (χ0v) is 19.1. The number of carbonyl (C=O) groups excluding carboxylic acids is 1. The lowest BCUT2D eigenvalue weighted by atomic mass is 10.1. The van der Waals surface area contributed by atoms with Crippen LogP contribution in [0.25, 0.3) is 0 Å². The Balaban J connectivity index is 1.46. The fourth-order valence-electron chi connectivity index (χ4n) is 3.94. The minimum Gasteiger partial charge on any atom is -0.491 e. The van der Waals surface area contributed by atoms with Crippen molar-refractivity contribution in [1.29, 1.82) is 0 Å². The molecular formula is C22H25F2N7O3. The highest BCUT2D eigenvalue weighted by Crippen LogP contribution is 2.33. The summed E-state index contributed by atoms with van der Waals surface area (Å²) >= 11 is 0. The number of aliphatic hydroxyl groups excluding tert-OH is 1. The first-order valence-corrected chi connectivity index (χ1v) is 10.6. The number of amides is 1. The molecule has 12 heteroatoms. The fraction of sp³-hybridized carbons (Fsp3) is 0.364. The van der Waals surface area contributed by atoms with E-state index in [0.29, 0.717) is 35.3 Å². The highest BCUT2D eigenvalue weighted by atomic mass is 19.1. The van der Waals surface area contributed by atoms with Crippen LogP contribution in [-0.4, -0.2) is 57.1 Å². The van der Waals surface area contributed by atoms with Crippen LogP contribution in [0.1, 0.15) is 23.7 Å². The number of ether oxygens (including phenoxy) is 1. The summed E-state index contributed by atoms with van der Waals surface area (Å²) in [6.45, 7) is 3.83. The second-order valence-electron chi connectivity index (χ2n) is 8.11. The van der Waals surface area contributed by atoms with Crippen LogP contribution in [0.15, 0.2) is 24.5 Å². The van der Waals surface area contributed by atoms with Crippen LogP contribution in [0.2, 0.25) is 0 Å². The molecule has 0 spiro atoms. The van der Waals surface area contributed by atoms with Gasteiger partial charge in [0.05, 0.1) is 31.6 Å². The van der Waals surface area contributed by atoms with E-state index in [1.165, 1.54) is 19.2 Å².